The van der Waals surface area contributed by atoms with Crippen molar-refractivity contribution in [2.24, 2.45) is 0 Å². The number of rotatable bonds is 8. The summed E-state index contributed by atoms with van der Waals surface area (Å²) < 4.78 is 11.1. The molecular weight excluding hydrogens is 310 g/mol. The summed E-state index contributed by atoms with van der Waals surface area (Å²) in [6.45, 7) is 4.59. The van der Waals surface area contributed by atoms with E-state index in [-0.39, 0.29) is 12.7 Å². The highest BCUT2D eigenvalue weighted by Gasteiger charge is 2.12. The maximum absolute atomic E-state index is 9.28. The Kier molecular flexibility index (Phi) is 6.77. The molecule has 0 fully saturated rings. The van der Waals surface area contributed by atoms with Crippen LogP contribution >= 0.6 is 11.3 Å². The first kappa shape index (κ1) is 17.7. The predicted octanol–water partition coefficient (Wildman–Crippen LogP) is 3.83. The normalized spacial score (nSPS) is 13.1. The summed E-state index contributed by atoms with van der Waals surface area (Å²) in [7, 11) is 1.65. The Hall–Kier alpha value is -1.69. The number of hydrogen-bond acceptors (Lipinski definition) is 5. The molecule has 0 aliphatic rings. The molecule has 1 heterocycles. The Morgan fingerprint density at radius 2 is 2.09 bits per heavy atom. The number of thiazole rings is 1. The molecule has 0 saturated carbocycles. The molecule has 0 spiro atoms. The van der Waals surface area contributed by atoms with Gasteiger partial charge in [0.15, 0.2) is 0 Å². The molecule has 4 nitrogen and oxygen atoms in total. The highest BCUT2D eigenvalue weighted by Crippen LogP contribution is 2.19. The second kappa shape index (κ2) is 8.82. The average molecular weight is 333 g/mol. The first-order valence-electron chi connectivity index (χ1n) is 7.58. The van der Waals surface area contributed by atoms with Gasteiger partial charge in [0.1, 0.15) is 5.75 Å². The molecular formula is C18H23NO3S. The molecule has 1 atom stereocenters. The van der Waals surface area contributed by atoms with Crippen LogP contribution in [-0.4, -0.2) is 29.9 Å². The molecule has 0 radical (unpaired) electrons. The summed E-state index contributed by atoms with van der Waals surface area (Å²) in [4.78, 5) is 4.44. The van der Waals surface area contributed by atoms with Crippen LogP contribution in [0.4, 0.5) is 0 Å². The standard InChI is InChI=1S/C18H23NO3S/c1-13(10-16-12-23-14(2)19-16)18(8-9-20)22-11-15-4-6-17(21-3)7-5-15/h4-7,10,12,18,20H,8-9,11H2,1-3H3/b13-10+/t18-/m0/s1. The summed E-state index contributed by atoms with van der Waals surface area (Å²) >= 11 is 1.63. The minimum absolute atomic E-state index is 0.0918. The van der Waals surface area contributed by atoms with Gasteiger partial charge in [-0.05, 0) is 43.2 Å². The molecule has 1 aromatic heterocycles. The minimum atomic E-state index is -0.121. The molecule has 124 valence electrons. The van der Waals surface area contributed by atoms with E-state index in [1.807, 2.05) is 49.6 Å². The average Bonchev–Trinajstić information content (AvgIpc) is 2.96. The third kappa shape index (κ3) is 5.46. The second-order valence-electron chi connectivity index (χ2n) is 5.34. The highest BCUT2D eigenvalue weighted by atomic mass is 32.1. The Bertz CT molecular complexity index is 634. The van der Waals surface area contributed by atoms with Crippen molar-refractivity contribution < 1.29 is 14.6 Å². The quantitative estimate of drug-likeness (QED) is 0.797. The van der Waals surface area contributed by atoms with Crippen molar-refractivity contribution in [2.45, 2.75) is 33.0 Å². The van der Waals surface area contributed by atoms with Gasteiger partial charge in [-0.2, -0.15) is 0 Å². The van der Waals surface area contributed by atoms with E-state index in [4.69, 9.17) is 9.47 Å². The number of benzene rings is 1. The number of hydrogen-bond donors (Lipinski definition) is 1. The lowest BCUT2D eigenvalue weighted by Crippen LogP contribution is -2.16. The zero-order valence-corrected chi connectivity index (χ0v) is 14.6. The maximum atomic E-state index is 9.28. The van der Waals surface area contributed by atoms with Crippen LogP contribution in [0.15, 0.2) is 35.2 Å². The van der Waals surface area contributed by atoms with E-state index in [9.17, 15) is 5.11 Å². The van der Waals surface area contributed by atoms with Gasteiger partial charge in [0.25, 0.3) is 0 Å². The van der Waals surface area contributed by atoms with E-state index in [0.717, 1.165) is 27.6 Å². The smallest absolute Gasteiger partial charge is 0.118 e. The van der Waals surface area contributed by atoms with Crippen LogP contribution in [0.1, 0.15) is 29.6 Å². The molecule has 2 aromatic rings. The maximum Gasteiger partial charge on any atom is 0.118 e. The number of aryl methyl sites for hydroxylation is 1. The summed E-state index contributed by atoms with van der Waals surface area (Å²) in [6, 6.07) is 7.80. The lowest BCUT2D eigenvalue weighted by Gasteiger charge is -2.18. The lowest BCUT2D eigenvalue weighted by molar-refractivity contribution is 0.0477. The van der Waals surface area contributed by atoms with E-state index in [1.54, 1.807) is 18.4 Å². The van der Waals surface area contributed by atoms with Crippen molar-refractivity contribution in [1.82, 2.24) is 4.98 Å². The molecule has 1 N–H and O–H groups in total. The molecule has 2 rings (SSSR count). The molecule has 0 unspecified atom stereocenters. The van der Waals surface area contributed by atoms with Crippen LogP contribution in [0.3, 0.4) is 0 Å². The summed E-state index contributed by atoms with van der Waals surface area (Å²) in [5.41, 5.74) is 3.09. The third-order valence-corrected chi connectivity index (χ3v) is 4.31. The second-order valence-corrected chi connectivity index (χ2v) is 6.40. The summed E-state index contributed by atoms with van der Waals surface area (Å²) in [5, 5.41) is 12.4. The number of ether oxygens (including phenoxy) is 2. The van der Waals surface area contributed by atoms with Crippen LogP contribution in [0.2, 0.25) is 0 Å². The topological polar surface area (TPSA) is 51.6 Å². The van der Waals surface area contributed by atoms with Crippen molar-refractivity contribution in [1.29, 1.82) is 0 Å². The van der Waals surface area contributed by atoms with E-state index >= 15 is 0 Å². The van der Waals surface area contributed by atoms with Crippen LogP contribution in [0, 0.1) is 6.92 Å². The van der Waals surface area contributed by atoms with Crippen molar-refractivity contribution in [3.8, 4) is 5.75 Å². The van der Waals surface area contributed by atoms with E-state index < -0.39 is 0 Å². The minimum Gasteiger partial charge on any atom is -0.497 e. The fraction of sp³-hybridized carbons (Fsp3) is 0.389. The van der Waals surface area contributed by atoms with Gasteiger partial charge < -0.3 is 14.6 Å². The van der Waals surface area contributed by atoms with Gasteiger partial charge in [0.05, 0.1) is 30.5 Å². The SMILES string of the molecule is COc1ccc(CO[C@@H](CCO)/C(C)=C/c2csc(C)n2)cc1. The molecule has 0 amide bonds. The predicted molar refractivity (Wildman–Crippen MR) is 93.8 cm³/mol. The first-order valence-corrected chi connectivity index (χ1v) is 8.46. The largest absolute Gasteiger partial charge is 0.497 e. The number of methoxy groups -OCH3 is 1. The van der Waals surface area contributed by atoms with E-state index in [1.165, 1.54) is 0 Å². The number of nitrogens with zero attached hydrogens (tertiary/aromatic N) is 1. The molecule has 5 heteroatoms. The zero-order valence-electron chi connectivity index (χ0n) is 13.8. The van der Waals surface area contributed by atoms with Gasteiger partial charge in [-0.25, -0.2) is 4.98 Å². The summed E-state index contributed by atoms with van der Waals surface area (Å²) in [5.74, 6) is 0.829. The highest BCUT2D eigenvalue weighted by molar-refractivity contribution is 7.09. The van der Waals surface area contributed by atoms with Crippen LogP contribution in [0.25, 0.3) is 6.08 Å². The van der Waals surface area contributed by atoms with Crippen LogP contribution in [0.5, 0.6) is 5.75 Å². The van der Waals surface area contributed by atoms with Crippen LogP contribution in [-0.2, 0) is 11.3 Å². The van der Waals surface area contributed by atoms with Gasteiger partial charge >= 0.3 is 0 Å². The first-order chi connectivity index (χ1) is 11.1. The Morgan fingerprint density at radius 1 is 1.35 bits per heavy atom. The van der Waals surface area contributed by atoms with Crippen molar-refractivity contribution in [3.05, 3.63) is 51.5 Å². The zero-order chi connectivity index (χ0) is 16.7. The van der Waals surface area contributed by atoms with E-state index in [0.29, 0.717) is 13.0 Å². The summed E-state index contributed by atoms with van der Waals surface area (Å²) in [6.07, 6.45) is 2.48. The van der Waals surface area contributed by atoms with Gasteiger partial charge in [-0.15, -0.1) is 11.3 Å². The van der Waals surface area contributed by atoms with E-state index in [2.05, 4.69) is 4.98 Å². The fourth-order valence-electron chi connectivity index (χ4n) is 2.25. The monoisotopic (exact) mass is 333 g/mol. The molecule has 0 saturated heterocycles. The Morgan fingerprint density at radius 3 is 2.65 bits per heavy atom. The number of aliphatic hydroxyl groups excluding tert-OH is 1. The molecule has 0 bridgehead atoms. The van der Waals surface area contributed by atoms with Crippen LogP contribution < -0.4 is 4.74 Å². The van der Waals surface area contributed by atoms with Crippen molar-refractivity contribution in [2.75, 3.05) is 13.7 Å². The van der Waals surface area contributed by atoms with Gasteiger partial charge in [0.2, 0.25) is 0 Å². The van der Waals surface area contributed by atoms with Gasteiger partial charge in [0, 0.05) is 18.4 Å². The molecule has 0 aliphatic carbocycles. The number of aliphatic hydroxyl groups is 1. The lowest BCUT2D eigenvalue weighted by atomic mass is 10.1. The van der Waals surface area contributed by atoms with Gasteiger partial charge in [-0.1, -0.05) is 12.1 Å². The third-order valence-electron chi connectivity index (χ3n) is 3.52. The van der Waals surface area contributed by atoms with Crippen molar-refractivity contribution in [3.63, 3.8) is 0 Å². The Labute approximate surface area is 141 Å². The molecule has 23 heavy (non-hydrogen) atoms. The van der Waals surface area contributed by atoms with Gasteiger partial charge in [-0.3, -0.25) is 0 Å². The number of aromatic nitrogens is 1. The Balaban J connectivity index is 2.00. The van der Waals surface area contributed by atoms with Crippen molar-refractivity contribution >= 4 is 17.4 Å². The molecule has 0 aliphatic heterocycles. The fourth-order valence-corrected chi connectivity index (χ4v) is 2.82. The molecule has 1 aromatic carbocycles.